The zero-order valence-electron chi connectivity index (χ0n) is 12.9. The second-order valence-electron chi connectivity index (χ2n) is 5.04. The van der Waals surface area contributed by atoms with Crippen molar-refractivity contribution in [1.29, 1.82) is 5.26 Å². The third-order valence-corrected chi connectivity index (χ3v) is 5.59. The summed E-state index contributed by atoms with van der Waals surface area (Å²) in [6.07, 6.45) is 0. The molecule has 25 heavy (non-hydrogen) atoms. The third-order valence-electron chi connectivity index (χ3n) is 3.35. The molecular formula is C16H11ClN4O2S2. The van der Waals surface area contributed by atoms with Crippen LogP contribution in [0.4, 0.5) is 5.69 Å². The second-order valence-corrected chi connectivity index (χ2v) is 7.30. The Bertz CT molecular complexity index is 1070. The number of amides is 1. The Hall–Kier alpha value is -2.34. The number of carbonyl (C=O) groups excluding carboxylic acids is 1. The first-order chi connectivity index (χ1) is 12.0. The highest BCUT2D eigenvalue weighted by molar-refractivity contribution is 7.99. The van der Waals surface area contributed by atoms with Gasteiger partial charge in [0.05, 0.1) is 21.9 Å². The van der Waals surface area contributed by atoms with Crippen LogP contribution in [0.1, 0.15) is 5.56 Å². The van der Waals surface area contributed by atoms with Crippen molar-refractivity contribution in [3.63, 3.8) is 0 Å². The highest BCUT2D eigenvalue weighted by atomic mass is 35.5. The van der Waals surface area contributed by atoms with E-state index in [4.69, 9.17) is 16.9 Å². The third kappa shape index (κ3) is 3.69. The molecule has 0 atom stereocenters. The van der Waals surface area contributed by atoms with Gasteiger partial charge < -0.3 is 5.32 Å². The van der Waals surface area contributed by atoms with Gasteiger partial charge in [0, 0.05) is 12.7 Å². The molecule has 6 nitrogen and oxygen atoms in total. The van der Waals surface area contributed by atoms with E-state index in [2.05, 4.69) is 10.3 Å². The molecule has 0 aliphatic heterocycles. The number of hydrogen-bond acceptors (Lipinski definition) is 6. The average Bonchev–Trinajstić information content (AvgIpc) is 3.05. The van der Waals surface area contributed by atoms with Crippen molar-refractivity contribution in [3.05, 3.63) is 50.6 Å². The van der Waals surface area contributed by atoms with Crippen LogP contribution in [0, 0.1) is 11.3 Å². The summed E-state index contributed by atoms with van der Waals surface area (Å²) in [7, 11) is 1.63. The predicted octanol–water partition coefficient (Wildman–Crippen LogP) is 3.25. The summed E-state index contributed by atoms with van der Waals surface area (Å²) in [6, 6.07) is 8.41. The zero-order chi connectivity index (χ0) is 18.0. The van der Waals surface area contributed by atoms with Gasteiger partial charge in [0.15, 0.2) is 5.16 Å². The van der Waals surface area contributed by atoms with Crippen molar-refractivity contribution in [2.45, 2.75) is 5.16 Å². The first-order valence-electron chi connectivity index (χ1n) is 7.06. The maximum absolute atomic E-state index is 12.2. The van der Waals surface area contributed by atoms with Crippen LogP contribution in [0.2, 0.25) is 5.02 Å². The summed E-state index contributed by atoms with van der Waals surface area (Å²) in [5.41, 5.74) is 1.36. The first-order valence-corrected chi connectivity index (χ1v) is 9.30. The number of benzene rings is 1. The monoisotopic (exact) mass is 390 g/mol. The molecule has 3 rings (SSSR count). The van der Waals surface area contributed by atoms with Gasteiger partial charge >= 0.3 is 0 Å². The van der Waals surface area contributed by atoms with E-state index in [0.717, 1.165) is 0 Å². The average molecular weight is 391 g/mol. The van der Waals surface area contributed by atoms with Crippen molar-refractivity contribution in [2.75, 3.05) is 11.1 Å². The van der Waals surface area contributed by atoms with Crippen LogP contribution in [0.3, 0.4) is 0 Å². The summed E-state index contributed by atoms with van der Waals surface area (Å²) in [5, 5.41) is 14.1. The van der Waals surface area contributed by atoms with Gasteiger partial charge in [-0.1, -0.05) is 23.4 Å². The molecule has 1 aromatic carbocycles. The van der Waals surface area contributed by atoms with E-state index in [1.54, 1.807) is 25.2 Å². The van der Waals surface area contributed by atoms with Crippen LogP contribution in [0.25, 0.3) is 10.2 Å². The maximum atomic E-state index is 12.2. The molecule has 0 bridgehead atoms. The lowest BCUT2D eigenvalue weighted by molar-refractivity contribution is -0.113. The summed E-state index contributed by atoms with van der Waals surface area (Å²) in [4.78, 5) is 28.7. The summed E-state index contributed by atoms with van der Waals surface area (Å²) in [5.74, 6) is -0.168. The van der Waals surface area contributed by atoms with Crippen LogP contribution in [-0.4, -0.2) is 21.2 Å². The SMILES string of the molecule is Cn1c(SCC(=O)Nc2ccc(C#N)c(Cl)c2)nc2ccsc2c1=O. The Morgan fingerprint density at radius 1 is 1.48 bits per heavy atom. The Balaban J connectivity index is 1.70. The fourth-order valence-electron chi connectivity index (χ4n) is 2.11. The Morgan fingerprint density at radius 3 is 3.00 bits per heavy atom. The van der Waals surface area contributed by atoms with E-state index in [9.17, 15) is 9.59 Å². The van der Waals surface area contributed by atoms with Crippen LogP contribution in [-0.2, 0) is 11.8 Å². The number of halogens is 1. The number of nitriles is 1. The molecular weight excluding hydrogens is 380 g/mol. The van der Waals surface area contributed by atoms with Crippen LogP contribution >= 0.6 is 34.7 Å². The Kier molecular flexibility index (Phi) is 5.08. The van der Waals surface area contributed by atoms with E-state index >= 15 is 0 Å². The maximum Gasteiger partial charge on any atom is 0.271 e. The van der Waals surface area contributed by atoms with Gasteiger partial charge in [0.2, 0.25) is 5.91 Å². The van der Waals surface area contributed by atoms with Gasteiger partial charge in [-0.2, -0.15) is 5.26 Å². The van der Waals surface area contributed by atoms with Gasteiger partial charge in [-0.25, -0.2) is 4.98 Å². The van der Waals surface area contributed by atoms with Crippen molar-refractivity contribution < 1.29 is 4.79 Å². The van der Waals surface area contributed by atoms with Gasteiger partial charge in [-0.3, -0.25) is 14.2 Å². The molecule has 0 fully saturated rings. The number of nitrogens with zero attached hydrogens (tertiary/aromatic N) is 3. The van der Waals surface area contributed by atoms with Crippen molar-refractivity contribution >= 4 is 56.5 Å². The normalized spacial score (nSPS) is 10.6. The molecule has 0 aliphatic rings. The number of aromatic nitrogens is 2. The summed E-state index contributed by atoms with van der Waals surface area (Å²) >= 11 is 8.47. The van der Waals surface area contributed by atoms with E-state index in [-0.39, 0.29) is 22.2 Å². The molecule has 0 saturated heterocycles. The predicted molar refractivity (Wildman–Crippen MR) is 100 cm³/mol. The van der Waals surface area contributed by atoms with E-state index in [1.807, 2.05) is 11.4 Å². The molecule has 2 heterocycles. The second kappa shape index (κ2) is 7.27. The van der Waals surface area contributed by atoms with Gasteiger partial charge in [-0.15, -0.1) is 11.3 Å². The molecule has 0 spiro atoms. The molecule has 0 saturated carbocycles. The highest BCUT2D eigenvalue weighted by Crippen LogP contribution is 2.22. The number of hydrogen-bond donors (Lipinski definition) is 1. The Labute approximate surface area is 156 Å². The number of fused-ring (bicyclic) bond motifs is 1. The van der Waals surface area contributed by atoms with Gasteiger partial charge in [0.1, 0.15) is 10.8 Å². The minimum atomic E-state index is -0.259. The van der Waals surface area contributed by atoms with E-state index in [0.29, 0.717) is 26.6 Å². The first kappa shape index (κ1) is 17.5. The quantitative estimate of drug-likeness (QED) is 0.545. The van der Waals surface area contributed by atoms with Gasteiger partial charge in [-0.05, 0) is 29.6 Å². The molecule has 0 unspecified atom stereocenters. The lowest BCUT2D eigenvalue weighted by Gasteiger charge is -2.08. The number of anilines is 1. The number of carbonyl (C=O) groups is 1. The minimum absolute atomic E-state index is 0.0908. The van der Waals surface area contributed by atoms with Crippen LogP contribution in [0.15, 0.2) is 39.6 Å². The van der Waals surface area contributed by atoms with Crippen molar-refractivity contribution in [2.24, 2.45) is 7.05 Å². The standard InChI is InChI=1S/C16H11ClN4O2S2/c1-21-15(23)14-12(4-5-24-14)20-16(21)25-8-13(22)19-10-3-2-9(7-18)11(17)6-10/h2-6H,8H2,1H3,(H,19,22). The number of thiophene rings is 1. The molecule has 0 radical (unpaired) electrons. The van der Waals surface area contributed by atoms with Crippen molar-refractivity contribution in [3.8, 4) is 6.07 Å². The molecule has 1 amide bonds. The largest absolute Gasteiger partial charge is 0.325 e. The van der Waals surface area contributed by atoms with Crippen LogP contribution in [0.5, 0.6) is 0 Å². The van der Waals surface area contributed by atoms with Crippen molar-refractivity contribution in [1.82, 2.24) is 9.55 Å². The summed E-state index contributed by atoms with van der Waals surface area (Å²) in [6.45, 7) is 0. The van der Waals surface area contributed by atoms with E-state index in [1.165, 1.54) is 33.7 Å². The molecule has 9 heteroatoms. The van der Waals surface area contributed by atoms with E-state index < -0.39 is 0 Å². The number of thioether (sulfide) groups is 1. The molecule has 126 valence electrons. The smallest absolute Gasteiger partial charge is 0.271 e. The summed E-state index contributed by atoms with van der Waals surface area (Å²) < 4.78 is 2.04. The minimum Gasteiger partial charge on any atom is -0.325 e. The molecule has 3 aromatic rings. The number of nitrogens with one attached hydrogen (secondary N) is 1. The zero-order valence-corrected chi connectivity index (χ0v) is 15.3. The lowest BCUT2D eigenvalue weighted by Crippen LogP contribution is -2.20. The molecule has 0 aliphatic carbocycles. The molecule has 2 aromatic heterocycles. The number of rotatable bonds is 4. The fraction of sp³-hybridized carbons (Fsp3) is 0.125. The van der Waals surface area contributed by atoms with Crippen LogP contribution < -0.4 is 10.9 Å². The fourth-order valence-corrected chi connectivity index (χ4v) is 3.91. The Morgan fingerprint density at radius 2 is 2.28 bits per heavy atom. The lowest BCUT2D eigenvalue weighted by atomic mass is 10.2. The highest BCUT2D eigenvalue weighted by Gasteiger charge is 2.12. The van der Waals surface area contributed by atoms with Gasteiger partial charge in [0.25, 0.3) is 5.56 Å². The molecule has 1 N–H and O–H groups in total. The topological polar surface area (TPSA) is 87.8 Å².